The minimum absolute atomic E-state index is 0.0741. The molecule has 0 unspecified atom stereocenters. The molecule has 0 aliphatic carbocycles. The molecule has 0 aliphatic rings. The van der Waals surface area contributed by atoms with Gasteiger partial charge in [-0.2, -0.15) is 0 Å². The first kappa shape index (κ1) is 21.2. The standard InChI is InChI=1S/C21H28ClNO4/c1-21(2,3)16-12-15(24-4)6-7-18(16)26-8-9-27-20-17(22)10-14(13-23)11-19(20)25-5/h6-7,10-12H,8-9,13,23H2,1-5H3. The number of hydrogen-bond acceptors (Lipinski definition) is 5. The van der Waals surface area contributed by atoms with Gasteiger partial charge in [0.05, 0.1) is 19.2 Å². The molecular formula is C21H28ClNO4. The summed E-state index contributed by atoms with van der Waals surface area (Å²) in [5, 5.41) is 0.467. The first-order valence-electron chi connectivity index (χ1n) is 8.80. The van der Waals surface area contributed by atoms with Crippen molar-refractivity contribution in [2.24, 2.45) is 5.73 Å². The van der Waals surface area contributed by atoms with E-state index >= 15 is 0 Å². The summed E-state index contributed by atoms with van der Waals surface area (Å²) < 4.78 is 22.4. The van der Waals surface area contributed by atoms with Crippen molar-refractivity contribution in [3.8, 4) is 23.0 Å². The molecule has 0 radical (unpaired) electrons. The molecule has 148 valence electrons. The van der Waals surface area contributed by atoms with Gasteiger partial charge in [0.25, 0.3) is 0 Å². The van der Waals surface area contributed by atoms with E-state index in [1.54, 1.807) is 20.3 Å². The Hall–Kier alpha value is -2.11. The predicted octanol–water partition coefficient (Wildman–Crippen LogP) is 4.57. The van der Waals surface area contributed by atoms with Gasteiger partial charge in [-0.3, -0.25) is 0 Å². The van der Waals surface area contributed by atoms with Crippen molar-refractivity contribution < 1.29 is 18.9 Å². The van der Waals surface area contributed by atoms with Gasteiger partial charge in [-0.15, -0.1) is 0 Å². The third-order valence-electron chi connectivity index (χ3n) is 4.11. The van der Waals surface area contributed by atoms with Gasteiger partial charge < -0.3 is 24.7 Å². The molecule has 0 bridgehead atoms. The third kappa shape index (κ3) is 5.44. The molecule has 0 saturated carbocycles. The third-order valence-corrected chi connectivity index (χ3v) is 4.39. The van der Waals surface area contributed by atoms with Crippen molar-refractivity contribution in [1.82, 2.24) is 0 Å². The van der Waals surface area contributed by atoms with Gasteiger partial charge >= 0.3 is 0 Å². The van der Waals surface area contributed by atoms with Crippen LogP contribution in [0.4, 0.5) is 0 Å². The molecule has 2 rings (SSSR count). The Morgan fingerprint density at radius 1 is 0.926 bits per heavy atom. The molecule has 2 aromatic rings. The van der Waals surface area contributed by atoms with E-state index in [2.05, 4.69) is 20.8 Å². The highest BCUT2D eigenvalue weighted by Gasteiger charge is 2.20. The quantitative estimate of drug-likeness (QED) is 0.665. The van der Waals surface area contributed by atoms with Gasteiger partial charge in [0.2, 0.25) is 0 Å². The summed E-state index contributed by atoms with van der Waals surface area (Å²) in [5.74, 6) is 2.66. The average molecular weight is 394 g/mol. The highest BCUT2D eigenvalue weighted by molar-refractivity contribution is 6.32. The smallest absolute Gasteiger partial charge is 0.179 e. The Bertz CT molecular complexity index is 772. The predicted molar refractivity (Wildman–Crippen MR) is 109 cm³/mol. The van der Waals surface area contributed by atoms with Crippen LogP contribution in [0.1, 0.15) is 31.9 Å². The minimum atomic E-state index is -0.0741. The molecule has 0 aliphatic heterocycles. The van der Waals surface area contributed by atoms with Crippen LogP contribution in [0.5, 0.6) is 23.0 Å². The molecule has 27 heavy (non-hydrogen) atoms. The fraction of sp³-hybridized carbons (Fsp3) is 0.429. The molecule has 0 fully saturated rings. The van der Waals surface area contributed by atoms with Crippen LogP contribution in [0.25, 0.3) is 0 Å². The van der Waals surface area contributed by atoms with Gasteiger partial charge in [0.1, 0.15) is 24.7 Å². The van der Waals surface area contributed by atoms with E-state index in [1.807, 2.05) is 24.3 Å². The van der Waals surface area contributed by atoms with Crippen LogP contribution in [-0.2, 0) is 12.0 Å². The fourth-order valence-corrected chi connectivity index (χ4v) is 2.96. The SMILES string of the molecule is COc1ccc(OCCOc2c(Cl)cc(CN)cc2OC)c(C(C)(C)C)c1. The highest BCUT2D eigenvalue weighted by Crippen LogP contribution is 2.37. The summed E-state index contributed by atoms with van der Waals surface area (Å²) in [5.41, 5.74) is 7.55. The first-order valence-corrected chi connectivity index (χ1v) is 9.18. The summed E-state index contributed by atoms with van der Waals surface area (Å²) in [6.07, 6.45) is 0. The van der Waals surface area contributed by atoms with Crippen LogP contribution in [0.2, 0.25) is 5.02 Å². The number of halogens is 1. The summed E-state index contributed by atoms with van der Waals surface area (Å²) in [6.45, 7) is 7.48. The lowest BCUT2D eigenvalue weighted by atomic mass is 9.86. The van der Waals surface area contributed by atoms with Crippen molar-refractivity contribution in [3.05, 3.63) is 46.5 Å². The molecular weight excluding hydrogens is 366 g/mol. The molecule has 0 saturated heterocycles. The van der Waals surface area contributed by atoms with Crippen molar-refractivity contribution >= 4 is 11.6 Å². The fourth-order valence-electron chi connectivity index (χ4n) is 2.67. The molecule has 0 aromatic heterocycles. The molecule has 0 amide bonds. The number of nitrogens with two attached hydrogens (primary N) is 1. The largest absolute Gasteiger partial charge is 0.497 e. The second-order valence-corrected chi connectivity index (χ2v) is 7.53. The van der Waals surface area contributed by atoms with Gasteiger partial charge in [-0.05, 0) is 41.3 Å². The number of hydrogen-bond donors (Lipinski definition) is 1. The molecule has 2 aromatic carbocycles. The van der Waals surface area contributed by atoms with E-state index in [-0.39, 0.29) is 5.41 Å². The van der Waals surface area contributed by atoms with E-state index in [9.17, 15) is 0 Å². The van der Waals surface area contributed by atoms with E-state index in [0.29, 0.717) is 36.3 Å². The number of benzene rings is 2. The van der Waals surface area contributed by atoms with Gasteiger partial charge in [-0.1, -0.05) is 32.4 Å². The lowest BCUT2D eigenvalue weighted by Crippen LogP contribution is -2.16. The van der Waals surface area contributed by atoms with E-state index < -0.39 is 0 Å². The van der Waals surface area contributed by atoms with Crippen LogP contribution < -0.4 is 24.7 Å². The number of rotatable bonds is 8. The number of ether oxygens (including phenoxy) is 4. The molecule has 0 atom stereocenters. The summed E-state index contributed by atoms with van der Waals surface area (Å²) in [7, 11) is 3.23. The summed E-state index contributed by atoms with van der Waals surface area (Å²) >= 11 is 6.29. The minimum Gasteiger partial charge on any atom is -0.497 e. The summed E-state index contributed by atoms with van der Waals surface area (Å²) in [4.78, 5) is 0. The maximum atomic E-state index is 6.29. The van der Waals surface area contributed by atoms with E-state index in [4.69, 9.17) is 36.3 Å². The molecule has 6 heteroatoms. The maximum absolute atomic E-state index is 6.29. The van der Waals surface area contributed by atoms with Gasteiger partial charge in [0, 0.05) is 12.1 Å². The van der Waals surface area contributed by atoms with Crippen LogP contribution >= 0.6 is 11.6 Å². The zero-order valence-electron chi connectivity index (χ0n) is 16.6. The summed E-state index contributed by atoms with van der Waals surface area (Å²) in [6, 6.07) is 9.41. The van der Waals surface area contributed by atoms with Crippen LogP contribution in [0, 0.1) is 0 Å². The highest BCUT2D eigenvalue weighted by atomic mass is 35.5. The van der Waals surface area contributed by atoms with Crippen molar-refractivity contribution in [1.29, 1.82) is 0 Å². The zero-order chi connectivity index (χ0) is 20.0. The average Bonchev–Trinajstić information content (AvgIpc) is 2.64. The Morgan fingerprint density at radius 3 is 2.22 bits per heavy atom. The lowest BCUT2D eigenvalue weighted by Gasteiger charge is -2.23. The Balaban J connectivity index is 2.06. The van der Waals surface area contributed by atoms with E-state index in [0.717, 1.165) is 22.6 Å². The van der Waals surface area contributed by atoms with Crippen LogP contribution in [-0.4, -0.2) is 27.4 Å². The normalized spacial score (nSPS) is 11.2. The van der Waals surface area contributed by atoms with Gasteiger partial charge in [-0.25, -0.2) is 0 Å². The molecule has 0 spiro atoms. The Kier molecular flexibility index (Phi) is 7.22. The molecule has 0 heterocycles. The molecule has 5 nitrogen and oxygen atoms in total. The maximum Gasteiger partial charge on any atom is 0.179 e. The number of methoxy groups -OCH3 is 2. The van der Waals surface area contributed by atoms with E-state index in [1.165, 1.54) is 0 Å². The molecule has 2 N–H and O–H groups in total. The van der Waals surface area contributed by atoms with Crippen LogP contribution in [0.3, 0.4) is 0 Å². The van der Waals surface area contributed by atoms with Crippen LogP contribution in [0.15, 0.2) is 30.3 Å². The first-order chi connectivity index (χ1) is 12.8. The van der Waals surface area contributed by atoms with Crippen molar-refractivity contribution in [3.63, 3.8) is 0 Å². The Morgan fingerprint density at radius 2 is 1.63 bits per heavy atom. The zero-order valence-corrected chi connectivity index (χ0v) is 17.4. The van der Waals surface area contributed by atoms with Gasteiger partial charge in [0.15, 0.2) is 11.5 Å². The Labute approximate surface area is 166 Å². The lowest BCUT2D eigenvalue weighted by molar-refractivity contribution is 0.208. The topological polar surface area (TPSA) is 62.9 Å². The second-order valence-electron chi connectivity index (χ2n) is 7.12. The second kappa shape index (κ2) is 9.20. The van der Waals surface area contributed by atoms with Crippen molar-refractivity contribution in [2.45, 2.75) is 32.7 Å². The van der Waals surface area contributed by atoms with Crippen molar-refractivity contribution in [2.75, 3.05) is 27.4 Å². The monoisotopic (exact) mass is 393 g/mol.